The van der Waals surface area contributed by atoms with E-state index in [1.165, 1.54) is 30.5 Å². The molecular formula is C27H31F4IN6O3. The summed E-state index contributed by atoms with van der Waals surface area (Å²) in [5, 5.41) is 5.00. The van der Waals surface area contributed by atoms with Crippen LogP contribution >= 0.6 is 19.8 Å². The minimum atomic E-state index is -4.84. The Labute approximate surface area is 242 Å². The molecule has 2 N–H and O–H groups in total. The van der Waals surface area contributed by atoms with E-state index in [0.29, 0.717) is 36.4 Å². The van der Waals surface area contributed by atoms with E-state index >= 15 is 0 Å². The van der Waals surface area contributed by atoms with Crippen LogP contribution in [0.25, 0.3) is 0 Å². The molecule has 1 atom stereocenters. The van der Waals surface area contributed by atoms with Crippen molar-refractivity contribution >= 4 is 49.0 Å². The zero-order valence-electron chi connectivity index (χ0n) is 22.8. The number of alkyl halides is 5. The van der Waals surface area contributed by atoms with Gasteiger partial charge < -0.3 is 10.2 Å². The summed E-state index contributed by atoms with van der Waals surface area (Å²) in [6, 6.07) is 8.67. The molecule has 1 aliphatic heterocycles. The second-order valence-electron chi connectivity index (χ2n) is 9.24. The number of carbonyl (C=O) groups is 2. The van der Waals surface area contributed by atoms with Crippen LogP contribution in [-0.4, -0.2) is 61.3 Å². The number of rotatable bonds is 8. The van der Waals surface area contributed by atoms with Crippen LogP contribution in [0.3, 0.4) is 0 Å². The van der Waals surface area contributed by atoms with Crippen molar-refractivity contribution in [2.45, 2.75) is 37.3 Å². The average molecular weight is 690 g/mol. The topological polar surface area (TPSA) is 104 Å². The fourth-order valence-corrected chi connectivity index (χ4v) is 9.38. The maximum absolute atomic E-state index is 13.8. The molecule has 1 aromatic carbocycles. The van der Waals surface area contributed by atoms with Gasteiger partial charge >= 0.3 is 187 Å². The number of piperazine rings is 1. The Kier molecular flexibility index (Phi) is 9.71. The van der Waals surface area contributed by atoms with Gasteiger partial charge in [-0.05, 0) is 12.1 Å². The van der Waals surface area contributed by atoms with Crippen LogP contribution in [0.15, 0.2) is 47.0 Å². The molecule has 2 aromatic heterocycles. The van der Waals surface area contributed by atoms with E-state index in [-0.39, 0.29) is 19.2 Å². The van der Waals surface area contributed by atoms with E-state index in [2.05, 4.69) is 20.6 Å². The Morgan fingerprint density at radius 2 is 1.78 bits per heavy atom. The molecule has 1 fully saturated rings. The minimum absolute atomic E-state index is 0.0544. The number of pyridine rings is 1. The summed E-state index contributed by atoms with van der Waals surface area (Å²) in [6.07, 6.45) is -2.70. The molecule has 1 unspecified atom stereocenters. The summed E-state index contributed by atoms with van der Waals surface area (Å²) < 4.78 is 61.4. The van der Waals surface area contributed by atoms with Gasteiger partial charge in [-0.25, -0.2) is 9.18 Å². The second kappa shape index (κ2) is 13.0. The number of para-hydroxylation sites is 1. The third-order valence-electron chi connectivity index (χ3n) is 6.60. The van der Waals surface area contributed by atoms with Gasteiger partial charge in [-0.2, -0.15) is 0 Å². The van der Waals surface area contributed by atoms with Crippen molar-refractivity contribution < 1.29 is 31.6 Å². The number of halogens is 5. The molecule has 3 aromatic rings. The molecule has 1 saturated heterocycles. The van der Waals surface area contributed by atoms with Crippen LogP contribution in [0.1, 0.15) is 43.4 Å². The third-order valence-corrected chi connectivity index (χ3v) is 13.3. The first-order valence-electron chi connectivity index (χ1n) is 13.1. The van der Waals surface area contributed by atoms with Crippen molar-refractivity contribution in [2.75, 3.05) is 46.1 Å². The van der Waals surface area contributed by atoms with Gasteiger partial charge in [-0.3, -0.25) is 0 Å². The van der Waals surface area contributed by atoms with Crippen molar-refractivity contribution in [3.8, 4) is 0 Å². The van der Waals surface area contributed by atoms with E-state index in [1.807, 2.05) is 25.7 Å². The number of hydrogen-bond donors (Lipinski definition) is 2. The molecule has 0 aliphatic carbocycles. The van der Waals surface area contributed by atoms with Crippen LogP contribution in [0.5, 0.6) is 0 Å². The number of aromatic nitrogens is 2. The van der Waals surface area contributed by atoms with Gasteiger partial charge in [0, 0.05) is 0 Å². The summed E-state index contributed by atoms with van der Waals surface area (Å²) in [7, 11) is 0. The van der Waals surface area contributed by atoms with Crippen molar-refractivity contribution in [3.05, 3.63) is 63.8 Å². The summed E-state index contributed by atoms with van der Waals surface area (Å²) >= 11 is -2.15. The fraction of sp³-hybridized carbons (Fsp3) is 0.407. The zero-order valence-corrected chi connectivity index (χ0v) is 24.9. The predicted octanol–water partition coefficient (Wildman–Crippen LogP) is 6.33. The van der Waals surface area contributed by atoms with Crippen molar-refractivity contribution in [2.24, 2.45) is 0 Å². The van der Waals surface area contributed by atoms with Gasteiger partial charge in [-0.15, -0.1) is 0 Å². The quantitative estimate of drug-likeness (QED) is 0.163. The molecule has 3 heterocycles. The maximum atomic E-state index is 13.8. The van der Waals surface area contributed by atoms with E-state index in [0.717, 1.165) is 6.42 Å². The van der Waals surface area contributed by atoms with Gasteiger partial charge in [0.2, 0.25) is 0 Å². The van der Waals surface area contributed by atoms with Gasteiger partial charge in [0.15, 0.2) is 0 Å². The molecule has 222 valence electrons. The molecule has 41 heavy (non-hydrogen) atoms. The molecule has 0 spiro atoms. The molecule has 9 nitrogen and oxygen atoms in total. The van der Waals surface area contributed by atoms with Gasteiger partial charge in [0.25, 0.3) is 0 Å². The predicted molar refractivity (Wildman–Crippen MR) is 156 cm³/mol. The van der Waals surface area contributed by atoms with Crippen LogP contribution in [0.4, 0.5) is 39.5 Å². The summed E-state index contributed by atoms with van der Waals surface area (Å²) in [4.78, 5) is 36.9. The first-order chi connectivity index (χ1) is 19.5. The van der Waals surface area contributed by atoms with Crippen molar-refractivity contribution in [3.63, 3.8) is 0 Å². The van der Waals surface area contributed by atoms with Gasteiger partial charge in [0.1, 0.15) is 5.82 Å². The number of benzene rings is 1. The number of nitrogens with zero attached hydrogens (tertiary/aromatic N) is 4. The molecule has 0 radical (unpaired) electrons. The monoisotopic (exact) mass is 690 g/mol. The second-order valence-corrected chi connectivity index (χ2v) is 16.1. The SMILES string of the molecule is CCC(C)I(CC)c1nc(C(F)(F)F)c(C(=O)Nc2ccc(N3CCN(C(=O)Nc4ccccc4F)CC3)nc2)o1. The molecule has 4 rings (SSSR count). The molecule has 3 amide bonds. The average Bonchev–Trinajstić information content (AvgIpc) is 3.41. The van der Waals surface area contributed by atoms with Crippen molar-refractivity contribution in [1.29, 1.82) is 0 Å². The number of amides is 3. The number of hydrogen-bond acceptors (Lipinski definition) is 6. The summed E-state index contributed by atoms with van der Waals surface area (Å²) in [6.45, 7) is 7.49. The molecule has 1 aliphatic rings. The Bertz CT molecular complexity index is 1360. The third kappa shape index (κ3) is 7.26. The first-order valence-corrected chi connectivity index (χ1v) is 16.9. The number of anilines is 3. The summed E-state index contributed by atoms with van der Waals surface area (Å²) in [5.41, 5.74) is -1.02. The standard InChI is InChI=1S/C27H31F4IN6O3/c1-4-17(3)32(5-2)25-36-23(27(29,30)31)22(41-25)24(39)34-18-10-11-21(33-16-18)37-12-14-38(15-13-37)26(40)35-20-9-7-6-8-19(20)28/h6-11,16-17H,4-5,12-15H2,1-3H3,(H,34,39)(H,35,40). The van der Waals surface area contributed by atoms with E-state index in [9.17, 15) is 27.2 Å². The van der Waals surface area contributed by atoms with E-state index < -0.39 is 55.2 Å². The molecule has 0 bridgehead atoms. The zero-order chi connectivity index (χ0) is 29.7. The Balaban J connectivity index is 1.39. The fourth-order valence-electron chi connectivity index (χ4n) is 4.20. The van der Waals surface area contributed by atoms with E-state index in [1.54, 1.807) is 17.0 Å². The Morgan fingerprint density at radius 1 is 1.07 bits per heavy atom. The Morgan fingerprint density at radius 3 is 2.37 bits per heavy atom. The summed E-state index contributed by atoms with van der Waals surface area (Å²) in [5.74, 6) is -1.84. The molecule has 14 heteroatoms. The molecule has 0 saturated carbocycles. The van der Waals surface area contributed by atoms with Crippen LogP contribution < -0.4 is 15.5 Å². The number of carbonyl (C=O) groups excluding carboxylic acids is 2. The van der Waals surface area contributed by atoms with Gasteiger partial charge in [-0.1, -0.05) is 12.1 Å². The van der Waals surface area contributed by atoms with Crippen LogP contribution in [-0.2, 0) is 6.18 Å². The van der Waals surface area contributed by atoms with Crippen molar-refractivity contribution in [1.82, 2.24) is 14.9 Å². The Hall–Kier alpha value is -3.43. The normalized spacial score (nSPS) is 15.0. The van der Waals surface area contributed by atoms with E-state index in [4.69, 9.17) is 4.42 Å². The van der Waals surface area contributed by atoms with Crippen LogP contribution in [0.2, 0.25) is 0 Å². The first kappa shape index (κ1) is 30.5. The molecular weight excluding hydrogens is 659 g/mol. The number of oxazole rings is 1. The van der Waals surface area contributed by atoms with Gasteiger partial charge in [0.05, 0.1) is 5.69 Å². The number of urea groups is 1. The number of nitrogens with one attached hydrogen (secondary N) is 2. The van der Waals surface area contributed by atoms with Crippen LogP contribution in [0, 0.1) is 9.71 Å².